The molecule has 0 saturated carbocycles. The maximum Gasteiger partial charge on any atom is 0.0565 e. The molecule has 0 aliphatic heterocycles. The summed E-state index contributed by atoms with van der Waals surface area (Å²) in [6, 6.07) is 7.68. The quantitative estimate of drug-likeness (QED) is 0.777. The molecule has 0 aliphatic rings. The third-order valence-corrected chi connectivity index (χ3v) is 1.89. The molecule has 0 spiro atoms. The van der Waals surface area contributed by atoms with Crippen LogP contribution in [-0.2, 0) is 0 Å². The maximum absolute atomic E-state index is 5.83. The molecule has 68 valence electrons. The van der Waals surface area contributed by atoms with Crippen LogP contribution < -0.4 is 0 Å². The van der Waals surface area contributed by atoms with Crippen molar-refractivity contribution in [1.82, 2.24) is 10.2 Å². The Hall–Kier alpha value is -0.990. The number of hydrogen-bond acceptors (Lipinski definition) is 1. The highest BCUT2D eigenvalue weighted by atomic mass is 35.5. The zero-order valence-corrected chi connectivity index (χ0v) is 8.27. The Labute approximate surface area is 87.3 Å². The molecule has 13 heavy (non-hydrogen) atoms. The summed E-state index contributed by atoms with van der Waals surface area (Å²) in [5.41, 5.74) is 2.13. The summed E-state index contributed by atoms with van der Waals surface area (Å²) in [4.78, 5) is 0. The van der Waals surface area contributed by atoms with Gasteiger partial charge in [-0.25, -0.2) is 0 Å². The molecule has 4 heteroatoms. The molecule has 2 rings (SSSR count). The van der Waals surface area contributed by atoms with E-state index in [4.69, 9.17) is 11.6 Å². The van der Waals surface area contributed by atoms with Crippen LogP contribution in [0.25, 0.3) is 11.1 Å². The lowest BCUT2D eigenvalue weighted by Crippen LogP contribution is -1.72. The van der Waals surface area contributed by atoms with Crippen molar-refractivity contribution in [2.45, 2.75) is 0 Å². The van der Waals surface area contributed by atoms with Crippen LogP contribution in [0.15, 0.2) is 36.7 Å². The van der Waals surface area contributed by atoms with Crippen molar-refractivity contribution in [3.63, 3.8) is 0 Å². The summed E-state index contributed by atoms with van der Waals surface area (Å²) in [5, 5.41) is 7.36. The Morgan fingerprint density at radius 2 is 2.08 bits per heavy atom. The van der Waals surface area contributed by atoms with Crippen molar-refractivity contribution in [2.75, 3.05) is 0 Å². The van der Waals surface area contributed by atoms with Gasteiger partial charge in [0.15, 0.2) is 0 Å². The fraction of sp³-hybridized carbons (Fsp3) is 0. The molecule has 0 unspecified atom stereocenters. The molecule has 0 radical (unpaired) electrons. The van der Waals surface area contributed by atoms with Crippen LogP contribution in [0.5, 0.6) is 0 Å². The highest BCUT2D eigenvalue weighted by molar-refractivity contribution is 6.30. The van der Waals surface area contributed by atoms with E-state index in [0.717, 1.165) is 16.1 Å². The van der Waals surface area contributed by atoms with Crippen molar-refractivity contribution >= 4 is 24.0 Å². The standard InChI is InChI=1S/C9H7ClN2.ClH/c10-9-3-1-2-7(4-9)8-5-11-12-6-8;/h1-6H,(H,11,12);1H. The zero-order chi connectivity index (χ0) is 8.39. The molecular weight excluding hydrogens is 207 g/mol. The Kier molecular flexibility index (Phi) is 3.34. The van der Waals surface area contributed by atoms with E-state index in [1.165, 1.54) is 0 Å². The van der Waals surface area contributed by atoms with Gasteiger partial charge in [-0.15, -0.1) is 12.4 Å². The topological polar surface area (TPSA) is 28.7 Å². The normalized spacial score (nSPS) is 9.31. The van der Waals surface area contributed by atoms with Crippen LogP contribution in [0.3, 0.4) is 0 Å². The number of rotatable bonds is 1. The molecule has 0 saturated heterocycles. The van der Waals surface area contributed by atoms with E-state index in [0.29, 0.717) is 0 Å². The molecule has 0 atom stereocenters. The summed E-state index contributed by atoms with van der Waals surface area (Å²) >= 11 is 5.83. The minimum Gasteiger partial charge on any atom is -0.285 e. The minimum absolute atomic E-state index is 0. The molecule has 2 nitrogen and oxygen atoms in total. The van der Waals surface area contributed by atoms with Crippen LogP contribution in [0.4, 0.5) is 0 Å². The Balaban J connectivity index is 0.000000845. The van der Waals surface area contributed by atoms with Gasteiger partial charge in [0, 0.05) is 16.8 Å². The SMILES string of the molecule is Cl.Clc1cccc(-c2cn[nH]c2)c1. The van der Waals surface area contributed by atoms with Gasteiger partial charge < -0.3 is 0 Å². The molecule has 0 bridgehead atoms. The van der Waals surface area contributed by atoms with Crippen LogP contribution in [0.2, 0.25) is 5.02 Å². The number of hydrogen-bond donors (Lipinski definition) is 1. The third-order valence-electron chi connectivity index (χ3n) is 1.66. The van der Waals surface area contributed by atoms with Crippen LogP contribution in [0.1, 0.15) is 0 Å². The predicted octanol–water partition coefficient (Wildman–Crippen LogP) is 3.15. The first-order chi connectivity index (χ1) is 5.86. The molecule has 1 N–H and O–H groups in total. The largest absolute Gasteiger partial charge is 0.285 e. The summed E-state index contributed by atoms with van der Waals surface area (Å²) in [6.45, 7) is 0. The van der Waals surface area contributed by atoms with E-state index in [1.54, 1.807) is 6.20 Å². The van der Waals surface area contributed by atoms with Gasteiger partial charge in [-0.3, -0.25) is 5.10 Å². The van der Waals surface area contributed by atoms with Gasteiger partial charge in [-0.05, 0) is 17.7 Å². The first-order valence-corrected chi connectivity index (χ1v) is 3.99. The molecular formula is C9H8Cl2N2. The fourth-order valence-electron chi connectivity index (χ4n) is 1.08. The molecule has 1 aromatic carbocycles. The van der Waals surface area contributed by atoms with E-state index in [2.05, 4.69) is 10.2 Å². The van der Waals surface area contributed by atoms with Crippen molar-refractivity contribution < 1.29 is 0 Å². The van der Waals surface area contributed by atoms with Crippen LogP contribution in [0, 0.1) is 0 Å². The van der Waals surface area contributed by atoms with Crippen molar-refractivity contribution in [3.05, 3.63) is 41.7 Å². The molecule has 1 aromatic heterocycles. The Morgan fingerprint density at radius 1 is 1.23 bits per heavy atom. The van der Waals surface area contributed by atoms with Gasteiger partial charge in [0.05, 0.1) is 6.20 Å². The number of nitrogens with zero attached hydrogens (tertiary/aromatic N) is 1. The lowest BCUT2D eigenvalue weighted by Gasteiger charge is -1.95. The Bertz CT molecular complexity index is 371. The summed E-state index contributed by atoms with van der Waals surface area (Å²) in [5.74, 6) is 0. The first kappa shape index (κ1) is 10.1. The second kappa shape index (κ2) is 4.30. The molecule has 1 heterocycles. The smallest absolute Gasteiger partial charge is 0.0565 e. The number of benzene rings is 1. The maximum atomic E-state index is 5.83. The molecule has 0 aliphatic carbocycles. The predicted molar refractivity (Wildman–Crippen MR) is 56.3 cm³/mol. The van der Waals surface area contributed by atoms with Gasteiger partial charge in [0.25, 0.3) is 0 Å². The highest BCUT2D eigenvalue weighted by Crippen LogP contribution is 2.20. The molecule has 0 amide bonds. The second-order valence-corrected chi connectivity index (χ2v) is 2.93. The number of nitrogens with one attached hydrogen (secondary N) is 1. The summed E-state index contributed by atoms with van der Waals surface area (Å²) in [7, 11) is 0. The average Bonchev–Trinajstić information content (AvgIpc) is 2.56. The first-order valence-electron chi connectivity index (χ1n) is 3.61. The highest BCUT2D eigenvalue weighted by Gasteiger charge is 1.97. The van der Waals surface area contributed by atoms with E-state index in [1.807, 2.05) is 30.5 Å². The van der Waals surface area contributed by atoms with Crippen molar-refractivity contribution in [3.8, 4) is 11.1 Å². The average molecular weight is 215 g/mol. The number of aromatic amines is 1. The lowest BCUT2D eigenvalue weighted by atomic mass is 10.1. The van der Waals surface area contributed by atoms with Gasteiger partial charge in [-0.2, -0.15) is 5.10 Å². The monoisotopic (exact) mass is 214 g/mol. The third kappa shape index (κ3) is 2.23. The van der Waals surface area contributed by atoms with Gasteiger partial charge in [-0.1, -0.05) is 23.7 Å². The number of halogens is 2. The van der Waals surface area contributed by atoms with Crippen LogP contribution in [-0.4, -0.2) is 10.2 Å². The van der Waals surface area contributed by atoms with Gasteiger partial charge >= 0.3 is 0 Å². The van der Waals surface area contributed by atoms with E-state index in [-0.39, 0.29) is 12.4 Å². The van der Waals surface area contributed by atoms with Crippen LogP contribution >= 0.6 is 24.0 Å². The van der Waals surface area contributed by atoms with Gasteiger partial charge in [0.2, 0.25) is 0 Å². The van der Waals surface area contributed by atoms with Crippen molar-refractivity contribution in [2.24, 2.45) is 0 Å². The fourth-order valence-corrected chi connectivity index (χ4v) is 1.27. The zero-order valence-electron chi connectivity index (χ0n) is 6.70. The van der Waals surface area contributed by atoms with E-state index < -0.39 is 0 Å². The molecule has 0 fully saturated rings. The molecule has 2 aromatic rings. The summed E-state index contributed by atoms with van der Waals surface area (Å²) < 4.78 is 0. The van der Waals surface area contributed by atoms with Gasteiger partial charge in [0.1, 0.15) is 0 Å². The van der Waals surface area contributed by atoms with E-state index in [9.17, 15) is 0 Å². The minimum atomic E-state index is 0. The lowest BCUT2D eigenvalue weighted by molar-refractivity contribution is 1.09. The second-order valence-electron chi connectivity index (χ2n) is 2.50. The Morgan fingerprint density at radius 3 is 2.69 bits per heavy atom. The van der Waals surface area contributed by atoms with E-state index >= 15 is 0 Å². The van der Waals surface area contributed by atoms with Crippen molar-refractivity contribution in [1.29, 1.82) is 0 Å². The summed E-state index contributed by atoms with van der Waals surface area (Å²) in [6.07, 6.45) is 3.61. The number of aromatic nitrogens is 2. The number of H-pyrrole nitrogens is 1.